The molecule has 0 saturated carbocycles. The van der Waals surface area contributed by atoms with Crippen LogP contribution in [0.2, 0.25) is 0 Å². The molecule has 25 heavy (non-hydrogen) atoms. The van der Waals surface area contributed by atoms with Crippen LogP contribution in [0.3, 0.4) is 0 Å². The van der Waals surface area contributed by atoms with Crippen LogP contribution in [-0.4, -0.2) is 24.5 Å². The van der Waals surface area contributed by atoms with Gasteiger partial charge in [-0.3, -0.25) is 4.79 Å². The molecular formula is C19H20FN3O2. The van der Waals surface area contributed by atoms with E-state index in [0.29, 0.717) is 24.3 Å². The summed E-state index contributed by atoms with van der Waals surface area (Å²) in [4.78, 5) is 26.2. The van der Waals surface area contributed by atoms with E-state index < -0.39 is 12.1 Å². The van der Waals surface area contributed by atoms with Gasteiger partial charge in [0.15, 0.2) is 0 Å². The van der Waals surface area contributed by atoms with Crippen molar-refractivity contribution in [1.82, 2.24) is 5.32 Å². The fraction of sp³-hybridized carbons (Fsp3) is 0.263. The van der Waals surface area contributed by atoms with Crippen molar-refractivity contribution in [2.45, 2.75) is 26.3 Å². The van der Waals surface area contributed by atoms with E-state index in [0.717, 1.165) is 11.1 Å². The molecule has 0 radical (unpaired) electrons. The van der Waals surface area contributed by atoms with E-state index in [1.165, 1.54) is 12.1 Å². The Kier molecular flexibility index (Phi) is 4.70. The fourth-order valence-electron chi connectivity index (χ4n) is 2.84. The highest BCUT2D eigenvalue weighted by Crippen LogP contribution is 2.22. The lowest BCUT2D eigenvalue weighted by molar-refractivity contribution is -0.118. The Morgan fingerprint density at radius 3 is 2.52 bits per heavy atom. The van der Waals surface area contributed by atoms with Gasteiger partial charge in [0.1, 0.15) is 11.9 Å². The maximum atomic E-state index is 13.0. The summed E-state index contributed by atoms with van der Waals surface area (Å²) in [6.07, 6.45) is 0.510. The van der Waals surface area contributed by atoms with Crippen LogP contribution in [0.25, 0.3) is 0 Å². The van der Waals surface area contributed by atoms with Crippen LogP contribution in [0.4, 0.5) is 20.6 Å². The second-order valence-corrected chi connectivity index (χ2v) is 6.21. The Morgan fingerprint density at radius 2 is 1.84 bits per heavy atom. The van der Waals surface area contributed by atoms with Crippen molar-refractivity contribution >= 4 is 23.3 Å². The molecule has 0 bridgehead atoms. The molecule has 6 heteroatoms. The van der Waals surface area contributed by atoms with Crippen LogP contribution in [0.5, 0.6) is 0 Å². The first-order valence-corrected chi connectivity index (χ1v) is 8.16. The molecule has 0 aliphatic carbocycles. The molecule has 1 aliphatic heterocycles. The molecule has 1 unspecified atom stereocenters. The van der Waals surface area contributed by atoms with Crippen LogP contribution in [0.1, 0.15) is 17.5 Å². The summed E-state index contributed by atoms with van der Waals surface area (Å²) in [6.45, 7) is 4.46. The summed E-state index contributed by atoms with van der Waals surface area (Å²) < 4.78 is 13.0. The standard InChI is InChI=1S/C19H20FN3O2/c1-12-3-6-15(11-13(12)2)21-19(25)22-17-9-10-23(18(17)24)16-7-4-14(20)5-8-16/h3-8,11,17H,9-10H2,1-2H3,(H2,21,22,25). The van der Waals surface area contributed by atoms with Crippen LogP contribution in [-0.2, 0) is 4.79 Å². The molecule has 2 aromatic carbocycles. The second kappa shape index (κ2) is 6.93. The van der Waals surface area contributed by atoms with E-state index in [2.05, 4.69) is 10.6 Å². The van der Waals surface area contributed by atoms with Gasteiger partial charge in [0.2, 0.25) is 5.91 Å². The molecular weight excluding hydrogens is 321 g/mol. The van der Waals surface area contributed by atoms with Gasteiger partial charge in [0.05, 0.1) is 0 Å². The van der Waals surface area contributed by atoms with Crippen molar-refractivity contribution in [2.75, 3.05) is 16.8 Å². The minimum atomic E-state index is -0.586. The van der Waals surface area contributed by atoms with E-state index >= 15 is 0 Å². The maximum Gasteiger partial charge on any atom is 0.319 e. The number of urea groups is 1. The number of anilines is 2. The molecule has 130 valence electrons. The number of halogens is 1. The van der Waals surface area contributed by atoms with Crippen molar-refractivity contribution in [3.05, 3.63) is 59.4 Å². The Bertz CT molecular complexity index is 805. The number of amides is 3. The lowest BCUT2D eigenvalue weighted by Gasteiger charge is -2.17. The van der Waals surface area contributed by atoms with Crippen LogP contribution < -0.4 is 15.5 Å². The average molecular weight is 341 g/mol. The van der Waals surface area contributed by atoms with Crippen LogP contribution in [0, 0.1) is 19.7 Å². The van der Waals surface area contributed by atoms with Crippen molar-refractivity contribution in [3.63, 3.8) is 0 Å². The molecule has 0 aromatic heterocycles. The zero-order chi connectivity index (χ0) is 18.0. The van der Waals surface area contributed by atoms with E-state index in [-0.39, 0.29) is 11.7 Å². The van der Waals surface area contributed by atoms with Gasteiger partial charge in [-0.1, -0.05) is 6.07 Å². The highest BCUT2D eigenvalue weighted by atomic mass is 19.1. The number of benzene rings is 2. The van der Waals surface area contributed by atoms with Crippen LogP contribution in [0.15, 0.2) is 42.5 Å². The van der Waals surface area contributed by atoms with E-state index in [9.17, 15) is 14.0 Å². The highest BCUT2D eigenvalue weighted by molar-refractivity contribution is 6.02. The molecule has 3 rings (SSSR count). The smallest absolute Gasteiger partial charge is 0.319 e. The first-order valence-electron chi connectivity index (χ1n) is 8.16. The number of rotatable bonds is 3. The predicted octanol–water partition coefficient (Wildman–Crippen LogP) is 3.37. The number of nitrogens with one attached hydrogen (secondary N) is 2. The lowest BCUT2D eigenvalue weighted by Crippen LogP contribution is -2.43. The summed E-state index contributed by atoms with van der Waals surface area (Å²) in [5.41, 5.74) is 3.54. The first kappa shape index (κ1) is 17.0. The zero-order valence-electron chi connectivity index (χ0n) is 14.2. The summed E-state index contributed by atoms with van der Waals surface area (Å²) >= 11 is 0. The normalized spacial score (nSPS) is 16.8. The molecule has 0 spiro atoms. The summed E-state index contributed by atoms with van der Waals surface area (Å²) in [7, 11) is 0. The van der Waals surface area contributed by atoms with E-state index in [1.807, 2.05) is 32.0 Å². The van der Waals surface area contributed by atoms with Gasteiger partial charge >= 0.3 is 6.03 Å². The van der Waals surface area contributed by atoms with Gasteiger partial charge in [-0.2, -0.15) is 0 Å². The van der Waals surface area contributed by atoms with Gasteiger partial charge < -0.3 is 15.5 Å². The second-order valence-electron chi connectivity index (χ2n) is 6.21. The topological polar surface area (TPSA) is 61.4 Å². The summed E-state index contributed by atoms with van der Waals surface area (Å²) in [6, 6.07) is 10.4. The van der Waals surface area contributed by atoms with Crippen LogP contribution >= 0.6 is 0 Å². The van der Waals surface area contributed by atoms with Crippen molar-refractivity contribution in [3.8, 4) is 0 Å². The number of carbonyl (C=O) groups is 2. The summed E-state index contributed by atoms with van der Waals surface area (Å²) in [5, 5.41) is 5.46. The lowest BCUT2D eigenvalue weighted by atomic mass is 10.1. The number of nitrogens with zero attached hydrogens (tertiary/aromatic N) is 1. The Labute approximate surface area is 145 Å². The van der Waals surface area contributed by atoms with E-state index in [4.69, 9.17) is 0 Å². The zero-order valence-corrected chi connectivity index (χ0v) is 14.2. The quantitative estimate of drug-likeness (QED) is 0.899. The minimum absolute atomic E-state index is 0.193. The third-order valence-electron chi connectivity index (χ3n) is 4.41. The van der Waals surface area contributed by atoms with Gasteiger partial charge in [0, 0.05) is 17.9 Å². The average Bonchev–Trinajstić information content (AvgIpc) is 2.93. The molecule has 1 saturated heterocycles. The fourth-order valence-corrected chi connectivity index (χ4v) is 2.84. The molecule has 1 aliphatic rings. The van der Waals surface area contributed by atoms with E-state index in [1.54, 1.807) is 17.0 Å². The molecule has 3 amide bonds. The molecule has 1 atom stereocenters. The number of hydrogen-bond donors (Lipinski definition) is 2. The third-order valence-corrected chi connectivity index (χ3v) is 4.41. The highest BCUT2D eigenvalue weighted by Gasteiger charge is 2.33. The number of hydrogen-bond acceptors (Lipinski definition) is 2. The molecule has 5 nitrogen and oxygen atoms in total. The monoisotopic (exact) mass is 341 g/mol. The van der Waals surface area contributed by atoms with Gasteiger partial charge in [0.25, 0.3) is 0 Å². The molecule has 2 N–H and O–H groups in total. The first-order chi connectivity index (χ1) is 11.9. The largest absolute Gasteiger partial charge is 0.326 e. The predicted molar refractivity (Wildman–Crippen MR) is 95.2 cm³/mol. The Balaban J connectivity index is 1.61. The van der Waals surface area contributed by atoms with Gasteiger partial charge in [-0.05, 0) is 67.8 Å². The molecule has 2 aromatic rings. The van der Waals surface area contributed by atoms with Crippen molar-refractivity contribution in [1.29, 1.82) is 0 Å². The molecule has 1 heterocycles. The van der Waals surface area contributed by atoms with Crippen molar-refractivity contribution < 1.29 is 14.0 Å². The van der Waals surface area contributed by atoms with Gasteiger partial charge in [-0.25, -0.2) is 9.18 Å². The Morgan fingerprint density at radius 1 is 1.12 bits per heavy atom. The number of aryl methyl sites for hydroxylation is 2. The van der Waals surface area contributed by atoms with Crippen molar-refractivity contribution in [2.24, 2.45) is 0 Å². The number of carbonyl (C=O) groups excluding carboxylic acids is 2. The Hall–Kier alpha value is -2.89. The summed E-state index contributed by atoms with van der Waals surface area (Å²) in [5.74, 6) is -0.542. The maximum absolute atomic E-state index is 13.0. The SMILES string of the molecule is Cc1ccc(NC(=O)NC2CCN(c3ccc(F)cc3)C2=O)cc1C. The molecule has 1 fully saturated rings. The van der Waals surface area contributed by atoms with Gasteiger partial charge in [-0.15, -0.1) is 0 Å². The minimum Gasteiger partial charge on any atom is -0.326 e. The third kappa shape index (κ3) is 3.79.